The molecule has 1 rings (SSSR count). The quantitative estimate of drug-likeness (QED) is 0.245. The number of aromatic nitrogens is 1. The maximum absolute atomic E-state index is 12.2. The molecular formula is C22H34N2O9. The minimum absolute atomic E-state index is 0.0122. The molecule has 0 aromatic carbocycles. The first-order valence-electron chi connectivity index (χ1n) is 10.8. The van der Waals surface area contributed by atoms with E-state index in [1.165, 1.54) is 12.1 Å². The molecule has 1 aromatic heterocycles. The molecule has 11 heteroatoms. The molecule has 0 saturated heterocycles. The topological polar surface area (TPSA) is 132 Å². The lowest BCUT2D eigenvalue weighted by atomic mass is 10.2. The predicted molar refractivity (Wildman–Crippen MR) is 118 cm³/mol. The average molecular weight is 471 g/mol. The number of carbonyl (C=O) groups excluding carboxylic acids is 3. The Morgan fingerprint density at radius 2 is 1.48 bits per heavy atom. The molecular weight excluding hydrogens is 436 g/mol. The van der Waals surface area contributed by atoms with Gasteiger partial charge in [-0.25, -0.2) is 19.4 Å². The maximum Gasteiger partial charge on any atom is 0.407 e. The lowest BCUT2D eigenvalue weighted by Crippen LogP contribution is -2.34. The number of carbonyl (C=O) groups is 3. The number of ether oxygens (including phenoxy) is 6. The first kappa shape index (κ1) is 28.1. The second-order valence-corrected chi connectivity index (χ2v) is 7.49. The number of pyridine rings is 1. The summed E-state index contributed by atoms with van der Waals surface area (Å²) in [5.41, 5.74) is -0.665. The Kier molecular flexibility index (Phi) is 12.8. The molecule has 0 bridgehead atoms. The molecule has 33 heavy (non-hydrogen) atoms. The van der Waals surface area contributed by atoms with Gasteiger partial charge in [-0.3, -0.25) is 0 Å². The van der Waals surface area contributed by atoms with Crippen LogP contribution in [-0.2, 0) is 23.7 Å². The van der Waals surface area contributed by atoms with Crippen LogP contribution in [0.5, 0.6) is 5.75 Å². The second-order valence-electron chi connectivity index (χ2n) is 7.49. The monoisotopic (exact) mass is 470 g/mol. The summed E-state index contributed by atoms with van der Waals surface area (Å²) in [4.78, 5) is 39.5. The Morgan fingerprint density at radius 3 is 2.12 bits per heavy atom. The highest BCUT2D eigenvalue weighted by Crippen LogP contribution is 2.19. The molecule has 1 amide bonds. The number of amides is 1. The summed E-state index contributed by atoms with van der Waals surface area (Å²) in [7, 11) is 0. The van der Waals surface area contributed by atoms with Crippen molar-refractivity contribution in [3.8, 4) is 5.75 Å². The zero-order chi connectivity index (χ0) is 24.7. The van der Waals surface area contributed by atoms with E-state index in [4.69, 9.17) is 28.4 Å². The van der Waals surface area contributed by atoms with Gasteiger partial charge in [-0.1, -0.05) is 0 Å². The molecule has 1 aromatic rings. The second kappa shape index (κ2) is 15.0. The molecule has 1 heterocycles. The van der Waals surface area contributed by atoms with Crippen LogP contribution in [0.2, 0.25) is 0 Å². The minimum atomic E-state index is -0.701. The number of rotatable bonds is 14. The Bertz CT molecular complexity index is 763. The van der Waals surface area contributed by atoms with Crippen molar-refractivity contribution in [2.75, 3.05) is 52.8 Å². The van der Waals surface area contributed by atoms with Gasteiger partial charge in [-0.15, -0.1) is 0 Å². The van der Waals surface area contributed by atoms with E-state index in [2.05, 4.69) is 10.3 Å². The van der Waals surface area contributed by atoms with Gasteiger partial charge in [0, 0.05) is 6.54 Å². The predicted octanol–water partition coefficient (Wildman–Crippen LogP) is 2.37. The van der Waals surface area contributed by atoms with Crippen LogP contribution in [0.3, 0.4) is 0 Å². The van der Waals surface area contributed by atoms with E-state index in [9.17, 15) is 14.4 Å². The van der Waals surface area contributed by atoms with Crippen molar-refractivity contribution in [3.05, 3.63) is 23.5 Å². The molecule has 186 valence electrons. The number of alkyl carbamates (subject to hydrolysis) is 1. The summed E-state index contributed by atoms with van der Waals surface area (Å²) in [5, 5.41) is 2.59. The maximum atomic E-state index is 12.2. The Morgan fingerprint density at radius 1 is 0.879 bits per heavy atom. The van der Waals surface area contributed by atoms with Crippen LogP contribution < -0.4 is 10.1 Å². The minimum Gasteiger partial charge on any atom is -0.489 e. The van der Waals surface area contributed by atoms with Gasteiger partial charge in [0.1, 0.15) is 17.9 Å². The summed E-state index contributed by atoms with van der Waals surface area (Å²) in [6.45, 7) is 10.7. The molecule has 0 aliphatic rings. The van der Waals surface area contributed by atoms with E-state index in [1.54, 1.807) is 34.6 Å². The van der Waals surface area contributed by atoms with Gasteiger partial charge < -0.3 is 33.7 Å². The highest BCUT2D eigenvalue weighted by Gasteiger charge is 2.20. The number of nitrogens with one attached hydrogen (secondary N) is 1. The molecule has 0 spiro atoms. The SMILES string of the molecule is CCOC(=O)c1ccc(OCCOCCOCCNC(=O)OC(C)(C)C)c(C(=O)OCC)n1. The van der Waals surface area contributed by atoms with Gasteiger partial charge in [0.2, 0.25) is 0 Å². The van der Waals surface area contributed by atoms with Crippen molar-refractivity contribution >= 4 is 18.0 Å². The normalized spacial score (nSPS) is 10.9. The Labute approximate surface area is 194 Å². The Hall–Kier alpha value is -2.92. The zero-order valence-corrected chi connectivity index (χ0v) is 19.9. The summed E-state index contributed by atoms with van der Waals surface area (Å²) < 4.78 is 31.3. The third kappa shape index (κ3) is 12.0. The van der Waals surface area contributed by atoms with Crippen LogP contribution in [0.15, 0.2) is 12.1 Å². The molecule has 0 aliphatic heterocycles. The molecule has 11 nitrogen and oxygen atoms in total. The van der Waals surface area contributed by atoms with Crippen LogP contribution in [0.1, 0.15) is 55.6 Å². The van der Waals surface area contributed by atoms with E-state index in [1.807, 2.05) is 0 Å². The van der Waals surface area contributed by atoms with Crippen molar-refractivity contribution in [3.63, 3.8) is 0 Å². The van der Waals surface area contributed by atoms with Crippen molar-refractivity contribution in [1.29, 1.82) is 0 Å². The van der Waals surface area contributed by atoms with Gasteiger partial charge >= 0.3 is 18.0 Å². The van der Waals surface area contributed by atoms with Crippen LogP contribution in [0, 0.1) is 0 Å². The lowest BCUT2D eigenvalue weighted by Gasteiger charge is -2.19. The average Bonchev–Trinajstić information content (AvgIpc) is 2.74. The van der Waals surface area contributed by atoms with E-state index < -0.39 is 23.6 Å². The van der Waals surface area contributed by atoms with Gasteiger partial charge in [-0.2, -0.15) is 0 Å². The van der Waals surface area contributed by atoms with E-state index in [0.29, 0.717) is 26.4 Å². The third-order valence-corrected chi connectivity index (χ3v) is 3.58. The van der Waals surface area contributed by atoms with Gasteiger partial charge in [-0.05, 0) is 46.8 Å². The number of hydrogen-bond acceptors (Lipinski definition) is 10. The molecule has 0 saturated carbocycles. The summed E-state index contributed by atoms with van der Waals surface area (Å²) in [6.07, 6.45) is -0.494. The fourth-order valence-corrected chi connectivity index (χ4v) is 2.30. The summed E-state index contributed by atoms with van der Waals surface area (Å²) in [5.74, 6) is -1.17. The number of esters is 2. The zero-order valence-electron chi connectivity index (χ0n) is 19.9. The summed E-state index contributed by atoms with van der Waals surface area (Å²) in [6, 6.07) is 2.88. The molecule has 0 unspecified atom stereocenters. The molecule has 0 radical (unpaired) electrons. The third-order valence-electron chi connectivity index (χ3n) is 3.58. The van der Waals surface area contributed by atoms with Crippen molar-refractivity contribution in [2.45, 2.75) is 40.2 Å². The molecule has 0 atom stereocenters. The van der Waals surface area contributed by atoms with Crippen LogP contribution in [-0.4, -0.2) is 81.4 Å². The van der Waals surface area contributed by atoms with E-state index in [0.717, 1.165) is 0 Å². The highest BCUT2D eigenvalue weighted by atomic mass is 16.6. The first-order valence-corrected chi connectivity index (χ1v) is 10.8. The van der Waals surface area contributed by atoms with Crippen LogP contribution >= 0.6 is 0 Å². The lowest BCUT2D eigenvalue weighted by molar-refractivity contribution is 0.0321. The molecule has 0 aliphatic carbocycles. The largest absolute Gasteiger partial charge is 0.489 e. The standard InChI is InChI=1S/C22H34N2O9/c1-6-30-19(25)16-8-9-17(18(24-16)20(26)31-7-2)32-15-14-29-13-12-28-11-10-23-21(27)33-22(3,4)5/h8-9H,6-7,10-15H2,1-5H3,(H,23,27). The van der Waals surface area contributed by atoms with Crippen LogP contribution in [0.25, 0.3) is 0 Å². The van der Waals surface area contributed by atoms with Crippen molar-refractivity contribution in [1.82, 2.24) is 10.3 Å². The number of hydrogen-bond donors (Lipinski definition) is 1. The van der Waals surface area contributed by atoms with E-state index >= 15 is 0 Å². The number of nitrogens with zero attached hydrogens (tertiary/aromatic N) is 1. The fourth-order valence-electron chi connectivity index (χ4n) is 2.30. The van der Waals surface area contributed by atoms with Crippen molar-refractivity contribution in [2.24, 2.45) is 0 Å². The highest BCUT2D eigenvalue weighted by molar-refractivity contribution is 5.93. The van der Waals surface area contributed by atoms with Crippen LogP contribution in [0.4, 0.5) is 4.79 Å². The van der Waals surface area contributed by atoms with E-state index in [-0.39, 0.29) is 43.6 Å². The summed E-state index contributed by atoms with van der Waals surface area (Å²) >= 11 is 0. The molecule has 1 N–H and O–H groups in total. The first-order chi connectivity index (χ1) is 15.7. The Balaban J connectivity index is 2.32. The van der Waals surface area contributed by atoms with Gasteiger partial charge in [0.05, 0.1) is 39.6 Å². The fraction of sp³-hybridized carbons (Fsp3) is 0.636. The molecule has 0 fully saturated rings. The van der Waals surface area contributed by atoms with Gasteiger partial charge in [0.15, 0.2) is 11.4 Å². The smallest absolute Gasteiger partial charge is 0.407 e. The van der Waals surface area contributed by atoms with Crippen molar-refractivity contribution < 1.29 is 42.8 Å². The van der Waals surface area contributed by atoms with Gasteiger partial charge in [0.25, 0.3) is 0 Å².